The summed E-state index contributed by atoms with van der Waals surface area (Å²) in [4.78, 5) is 28.4. The number of hydrogen-bond donors (Lipinski definition) is 2. The molecule has 2 saturated heterocycles. The van der Waals surface area contributed by atoms with E-state index in [0.29, 0.717) is 12.2 Å². The molecule has 3 N–H and O–H groups in total. The van der Waals surface area contributed by atoms with Crippen LogP contribution in [0, 0.1) is 5.41 Å². The first-order valence-electron chi connectivity index (χ1n) is 9.80. The van der Waals surface area contributed by atoms with E-state index in [9.17, 15) is 4.79 Å². The van der Waals surface area contributed by atoms with E-state index in [4.69, 9.17) is 5.73 Å². The summed E-state index contributed by atoms with van der Waals surface area (Å²) in [5, 5.41) is 0. The Morgan fingerprint density at radius 2 is 2.22 bits per heavy atom. The third kappa shape index (κ3) is 4.13. The molecule has 7 nitrogen and oxygen atoms in total. The maximum atomic E-state index is 12.5. The van der Waals surface area contributed by atoms with E-state index < -0.39 is 0 Å². The van der Waals surface area contributed by atoms with Crippen LogP contribution in [0.2, 0.25) is 0 Å². The number of pyridine rings is 1. The van der Waals surface area contributed by atoms with Gasteiger partial charge < -0.3 is 15.6 Å². The zero-order chi connectivity index (χ0) is 18.7. The number of hydrogen-bond acceptors (Lipinski definition) is 5. The number of amides is 1. The quantitative estimate of drug-likeness (QED) is 0.840. The molecule has 0 aliphatic carbocycles. The van der Waals surface area contributed by atoms with Crippen molar-refractivity contribution in [2.45, 2.75) is 38.6 Å². The molecule has 0 bridgehead atoms. The highest BCUT2D eigenvalue weighted by molar-refractivity contribution is 5.77. The third-order valence-corrected chi connectivity index (χ3v) is 6.01. The topological polar surface area (TPSA) is 91.1 Å². The minimum Gasteiger partial charge on any atom is -0.383 e. The summed E-state index contributed by atoms with van der Waals surface area (Å²) in [6.45, 7) is 4.56. The van der Waals surface area contributed by atoms with Gasteiger partial charge in [-0.3, -0.25) is 9.69 Å². The second-order valence-corrected chi connectivity index (χ2v) is 8.00. The molecule has 2 aliphatic heterocycles. The number of carbonyl (C=O) groups is 1. The van der Waals surface area contributed by atoms with Crippen molar-refractivity contribution in [3.8, 4) is 0 Å². The van der Waals surface area contributed by atoms with Crippen LogP contribution in [0.4, 0.5) is 5.82 Å². The number of carbonyl (C=O) groups excluding carboxylic acids is 1. The van der Waals surface area contributed by atoms with Gasteiger partial charge in [0.25, 0.3) is 0 Å². The number of aromatic amines is 1. The predicted molar refractivity (Wildman–Crippen MR) is 104 cm³/mol. The molecule has 2 fully saturated rings. The van der Waals surface area contributed by atoms with Crippen molar-refractivity contribution in [1.29, 1.82) is 0 Å². The van der Waals surface area contributed by atoms with Crippen LogP contribution >= 0.6 is 0 Å². The van der Waals surface area contributed by atoms with Gasteiger partial charge in [-0.2, -0.15) is 0 Å². The average Bonchev–Trinajstić information content (AvgIpc) is 3.19. The van der Waals surface area contributed by atoms with E-state index in [1.807, 2.05) is 12.3 Å². The molecule has 2 aliphatic rings. The molecule has 144 valence electrons. The number of H-pyrrole nitrogens is 1. The molecule has 0 radical (unpaired) electrons. The van der Waals surface area contributed by atoms with Crippen molar-refractivity contribution >= 4 is 11.7 Å². The van der Waals surface area contributed by atoms with E-state index in [1.54, 1.807) is 12.5 Å². The van der Waals surface area contributed by atoms with E-state index in [-0.39, 0.29) is 11.3 Å². The normalized spacial score (nSPS) is 23.9. The van der Waals surface area contributed by atoms with E-state index >= 15 is 0 Å². The molecule has 4 heterocycles. The number of likely N-dealkylation sites (tertiary alicyclic amines) is 2. The van der Waals surface area contributed by atoms with Gasteiger partial charge in [-0.1, -0.05) is 6.07 Å². The molecule has 4 rings (SSSR count). The lowest BCUT2D eigenvalue weighted by molar-refractivity contribution is -0.139. The van der Waals surface area contributed by atoms with Gasteiger partial charge in [-0.15, -0.1) is 0 Å². The van der Waals surface area contributed by atoms with Crippen LogP contribution in [0.25, 0.3) is 0 Å². The molecule has 0 saturated carbocycles. The van der Waals surface area contributed by atoms with Crippen LogP contribution < -0.4 is 5.73 Å². The summed E-state index contributed by atoms with van der Waals surface area (Å²) >= 11 is 0. The Morgan fingerprint density at radius 1 is 1.30 bits per heavy atom. The second kappa shape index (κ2) is 7.68. The van der Waals surface area contributed by atoms with Gasteiger partial charge in [0.1, 0.15) is 5.82 Å². The predicted octanol–water partition coefficient (Wildman–Crippen LogP) is 1.83. The summed E-state index contributed by atoms with van der Waals surface area (Å²) in [5.74, 6) is 0.908. The van der Waals surface area contributed by atoms with E-state index in [0.717, 1.165) is 56.8 Å². The van der Waals surface area contributed by atoms with Crippen molar-refractivity contribution in [1.82, 2.24) is 24.8 Å². The Morgan fingerprint density at radius 3 is 3.04 bits per heavy atom. The SMILES string of the molecule is Nc1ncccc1CN1CCCC2(CCC(=O)N(CCc3cnc[nH]3)C2)C1. The van der Waals surface area contributed by atoms with Crippen molar-refractivity contribution in [2.75, 3.05) is 31.9 Å². The van der Waals surface area contributed by atoms with Crippen LogP contribution in [-0.4, -0.2) is 56.8 Å². The van der Waals surface area contributed by atoms with E-state index in [2.05, 4.69) is 30.8 Å². The number of rotatable bonds is 5. The van der Waals surface area contributed by atoms with Crippen molar-refractivity contribution in [3.05, 3.63) is 42.1 Å². The third-order valence-electron chi connectivity index (χ3n) is 6.01. The number of nitrogens with two attached hydrogens (primary N) is 1. The maximum Gasteiger partial charge on any atom is 0.222 e. The number of piperidine rings is 2. The highest BCUT2D eigenvalue weighted by Gasteiger charge is 2.41. The van der Waals surface area contributed by atoms with Gasteiger partial charge >= 0.3 is 0 Å². The highest BCUT2D eigenvalue weighted by atomic mass is 16.2. The molecule has 1 amide bonds. The largest absolute Gasteiger partial charge is 0.383 e. The van der Waals surface area contributed by atoms with Gasteiger partial charge in [0, 0.05) is 68.1 Å². The summed E-state index contributed by atoms with van der Waals surface area (Å²) in [6.07, 6.45) is 10.1. The average molecular weight is 368 g/mol. The number of nitrogens with one attached hydrogen (secondary N) is 1. The van der Waals surface area contributed by atoms with Crippen LogP contribution in [0.5, 0.6) is 0 Å². The Bertz CT molecular complexity index is 777. The van der Waals surface area contributed by atoms with E-state index in [1.165, 1.54) is 12.8 Å². The van der Waals surface area contributed by atoms with Crippen LogP contribution in [0.15, 0.2) is 30.9 Å². The lowest BCUT2D eigenvalue weighted by atomic mass is 9.73. The van der Waals surface area contributed by atoms with Gasteiger partial charge in [-0.25, -0.2) is 9.97 Å². The standard InChI is InChI=1S/C20H28N6O/c21-19-16(3-1-8-23-19)12-25-9-2-6-20(13-25)7-4-18(27)26(14-20)10-5-17-11-22-15-24-17/h1,3,8,11,15H,2,4-7,9-10,12-14H2,(H2,21,23)(H,22,24). The van der Waals surface area contributed by atoms with Gasteiger partial charge in [-0.05, 0) is 31.9 Å². The molecule has 2 aromatic heterocycles. The monoisotopic (exact) mass is 368 g/mol. The number of imidazole rings is 1. The summed E-state index contributed by atoms with van der Waals surface area (Å²) in [6, 6.07) is 4.01. The molecular formula is C20H28N6O. The molecule has 7 heteroatoms. The lowest BCUT2D eigenvalue weighted by Gasteiger charge is -2.48. The van der Waals surface area contributed by atoms with Crippen LogP contribution in [0.3, 0.4) is 0 Å². The van der Waals surface area contributed by atoms with Crippen molar-refractivity contribution in [2.24, 2.45) is 5.41 Å². The lowest BCUT2D eigenvalue weighted by Crippen LogP contribution is -2.54. The summed E-state index contributed by atoms with van der Waals surface area (Å²) in [5.41, 5.74) is 8.42. The molecular weight excluding hydrogens is 340 g/mol. The Balaban J connectivity index is 1.40. The molecule has 2 aromatic rings. The minimum atomic E-state index is 0.205. The fourth-order valence-corrected chi connectivity index (χ4v) is 4.59. The Labute approximate surface area is 160 Å². The first kappa shape index (κ1) is 18.0. The Hall–Kier alpha value is -2.41. The van der Waals surface area contributed by atoms with Gasteiger partial charge in [0.05, 0.1) is 6.33 Å². The highest BCUT2D eigenvalue weighted by Crippen LogP contribution is 2.39. The molecule has 1 spiro atoms. The summed E-state index contributed by atoms with van der Waals surface area (Å²) < 4.78 is 0. The number of anilines is 1. The fraction of sp³-hybridized carbons (Fsp3) is 0.550. The summed E-state index contributed by atoms with van der Waals surface area (Å²) in [7, 11) is 0. The van der Waals surface area contributed by atoms with Crippen molar-refractivity contribution < 1.29 is 4.79 Å². The number of nitrogens with zero attached hydrogens (tertiary/aromatic N) is 4. The first-order chi connectivity index (χ1) is 13.1. The molecule has 1 atom stereocenters. The Kier molecular flexibility index (Phi) is 5.11. The molecule has 0 aromatic carbocycles. The van der Waals surface area contributed by atoms with Crippen LogP contribution in [0.1, 0.15) is 36.9 Å². The smallest absolute Gasteiger partial charge is 0.222 e. The second-order valence-electron chi connectivity index (χ2n) is 8.00. The molecule has 27 heavy (non-hydrogen) atoms. The maximum absolute atomic E-state index is 12.5. The number of aromatic nitrogens is 3. The first-order valence-corrected chi connectivity index (χ1v) is 9.80. The zero-order valence-corrected chi connectivity index (χ0v) is 15.7. The van der Waals surface area contributed by atoms with Gasteiger partial charge in [0.2, 0.25) is 5.91 Å². The fourth-order valence-electron chi connectivity index (χ4n) is 4.59. The minimum absolute atomic E-state index is 0.205. The van der Waals surface area contributed by atoms with Crippen LogP contribution in [-0.2, 0) is 17.8 Å². The van der Waals surface area contributed by atoms with Crippen molar-refractivity contribution in [3.63, 3.8) is 0 Å². The zero-order valence-electron chi connectivity index (χ0n) is 15.7. The molecule has 1 unspecified atom stereocenters. The van der Waals surface area contributed by atoms with Gasteiger partial charge in [0.15, 0.2) is 0 Å². The number of nitrogen functional groups attached to an aromatic ring is 1.